The zero-order chi connectivity index (χ0) is 23.5. The third kappa shape index (κ3) is 4.65. The number of halogens is 1. The van der Waals surface area contributed by atoms with Gasteiger partial charge in [-0.15, -0.1) is 0 Å². The van der Waals surface area contributed by atoms with Crippen molar-refractivity contribution >= 4 is 35.0 Å². The molecule has 2 aromatic carbocycles. The summed E-state index contributed by atoms with van der Waals surface area (Å²) >= 11 is 0. The standard InChI is InChI=1S/C25H26FN3O4/c1-16(30)27-17-11-13-19(14-12-17)29-23(31)15-22(25(29)33)28(18-7-3-2-4-8-18)24(32)20-9-5-6-10-21(20)26/h5-6,9-14,18,22H,2-4,7-8,15H2,1H3,(H,27,30). The van der Waals surface area contributed by atoms with Crippen LogP contribution in [0.4, 0.5) is 15.8 Å². The van der Waals surface area contributed by atoms with Crippen LogP contribution in [0, 0.1) is 5.82 Å². The first-order chi connectivity index (χ1) is 15.9. The van der Waals surface area contributed by atoms with Crippen molar-refractivity contribution in [2.24, 2.45) is 0 Å². The van der Waals surface area contributed by atoms with E-state index in [0.29, 0.717) is 24.2 Å². The normalized spacial score (nSPS) is 19.0. The van der Waals surface area contributed by atoms with E-state index >= 15 is 0 Å². The Morgan fingerprint density at radius 1 is 1.00 bits per heavy atom. The smallest absolute Gasteiger partial charge is 0.257 e. The summed E-state index contributed by atoms with van der Waals surface area (Å²) in [6.45, 7) is 1.39. The number of carbonyl (C=O) groups excluding carboxylic acids is 4. The van der Waals surface area contributed by atoms with Crippen LogP contribution >= 0.6 is 0 Å². The molecule has 1 saturated carbocycles. The van der Waals surface area contributed by atoms with E-state index in [4.69, 9.17) is 0 Å². The number of anilines is 2. The number of hydrogen-bond donors (Lipinski definition) is 1. The van der Waals surface area contributed by atoms with Gasteiger partial charge in [0.1, 0.15) is 11.9 Å². The highest BCUT2D eigenvalue weighted by Crippen LogP contribution is 2.33. The van der Waals surface area contributed by atoms with Gasteiger partial charge in [-0.1, -0.05) is 31.4 Å². The van der Waals surface area contributed by atoms with Gasteiger partial charge in [0.25, 0.3) is 11.8 Å². The number of benzene rings is 2. The summed E-state index contributed by atoms with van der Waals surface area (Å²) in [6.07, 6.45) is 4.14. The molecule has 1 heterocycles. The Balaban J connectivity index is 1.64. The van der Waals surface area contributed by atoms with Crippen molar-refractivity contribution in [1.29, 1.82) is 0 Å². The number of nitrogens with zero attached hydrogens (tertiary/aromatic N) is 2. The number of amides is 4. The number of nitrogens with one attached hydrogen (secondary N) is 1. The second kappa shape index (κ2) is 9.52. The predicted octanol–water partition coefficient (Wildman–Crippen LogP) is 3.89. The molecule has 8 heteroatoms. The van der Waals surface area contributed by atoms with Crippen molar-refractivity contribution in [3.8, 4) is 0 Å². The Bertz CT molecular complexity index is 1080. The molecule has 4 amide bonds. The van der Waals surface area contributed by atoms with Crippen LogP contribution in [-0.4, -0.2) is 40.6 Å². The Morgan fingerprint density at radius 2 is 1.67 bits per heavy atom. The van der Waals surface area contributed by atoms with Crippen molar-refractivity contribution in [2.75, 3.05) is 10.2 Å². The van der Waals surface area contributed by atoms with Crippen LogP contribution in [-0.2, 0) is 14.4 Å². The summed E-state index contributed by atoms with van der Waals surface area (Å²) in [4.78, 5) is 53.5. The first-order valence-corrected chi connectivity index (χ1v) is 11.2. The van der Waals surface area contributed by atoms with Gasteiger partial charge in [0.05, 0.1) is 17.7 Å². The van der Waals surface area contributed by atoms with Crippen LogP contribution in [0.3, 0.4) is 0 Å². The number of imide groups is 1. The summed E-state index contributed by atoms with van der Waals surface area (Å²) in [5.74, 6) is -2.35. The van der Waals surface area contributed by atoms with Gasteiger partial charge in [0.15, 0.2) is 0 Å². The van der Waals surface area contributed by atoms with Crippen LogP contribution in [0.5, 0.6) is 0 Å². The molecule has 2 aliphatic rings. The molecule has 0 bridgehead atoms. The molecule has 33 heavy (non-hydrogen) atoms. The van der Waals surface area contributed by atoms with Crippen LogP contribution in [0.1, 0.15) is 55.8 Å². The summed E-state index contributed by atoms with van der Waals surface area (Å²) < 4.78 is 14.5. The predicted molar refractivity (Wildman–Crippen MR) is 121 cm³/mol. The SMILES string of the molecule is CC(=O)Nc1ccc(N2C(=O)CC(N(C(=O)c3ccccc3F)C3CCCCC3)C2=O)cc1. The van der Waals surface area contributed by atoms with E-state index < -0.39 is 29.6 Å². The third-order valence-corrected chi connectivity index (χ3v) is 6.21. The summed E-state index contributed by atoms with van der Waals surface area (Å²) in [5, 5.41) is 2.64. The number of rotatable bonds is 5. The van der Waals surface area contributed by atoms with Gasteiger partial charge in [-0.2, -0.15) is 0 Å². The Kier molecular flexibility index (Phi) is 6.53. The molecule has 172 valence electrons. The van der Waals surface area contributed by atoms with Gasteiger partial charge in [0, 0.05) is 18.7 Å². The maximum Gasteiger partial charge on any atom is 0.257 e. The van der Waals surface area contributed by atoms with Crippen LogP contribution in [0.25, 0.3) is 0 Å². The minimum atomic E-state index is -0.984. The van der Waals surface area contributed by atoms with Crippen LogP contribution < -0.4 is 10.2 Å². The lowest BCUT2D eigenvalue weighted by atomic mass is 9.92. The average Bonchev–Trinajstić information content (AvgIpc) is 3.09. The molecular formula is C25H26FN3O4. The average molecular weight is 451 g/mol. The minimum absolute atomic E-state index is 0.0959. The van der Waals surface area contributed by atoms with E-state index in [0.717, 1.165) is 24.2 Å². The number of hydrogen-bond acceptors (Lipinski definition) is 4. The fourth-order valence-electron chi connectivity index (χ4n) is 4.70. The Morgan fingerprint density at radius 3 is 2.30 bits per heavy atom. The first kappa shape index (κ1) is 22.6. The minimum Gasteiger partial charge on any atom is -0.326 e. The fourth-order valence-corrected chi connectivity index (χ4v) is 4.70. The zero-order valence-electron chi connectivity index (χ0n) is 18.4. The molecule has 1 aliphatic carbocycles. The van der Waals surface area contributed by atoms with Crippen molar-refractivity contribution in [1.82, 2.24) is 4.90 Å². The fraction of sp³-hybridized carbons (Fsp3) is 0.360. The largest absolute Gasteiger partial charge is 0.326 e. The van der Waals surface area contributed by atoms with Crippen molar-refractivity contribution in [2.45, 2.75) is 57.5 Å². The third-order valence-electron chi connectivity index (χ3n) is 6.21. The summed E-state index contributed by atoms with van der Waals surface area (Å²) in [5.41, 5.74) is 0.811. The van der Waals surface area contributed by atoms with Gasteiger partial charge in [-0.05, 0) is 49.2 Å². The lowest BCUT2D eigenvalue weighted by Crippen LogP contribution is -2.51. The second-order valence-corrected chi connectivity index (χ2v) is 8.50. The monoisotopic (exact) mass is 451 g/mol. The maximum atomic E-state index is 14.5. The quantitative estimate of drug-likeness (QED) is 0.699. The Labute approximate surface area is 191 Å². The lowest BCUT2D eigenvalue weighted by molar-refractivity contribution is -0.123. The van der Waals surface area contributed by atoms with Crippen LogP contribution in [0.15, 0.2) is 48.5 Å². The van der Waals surface area contributed by atoms with Crippen molar-refractivity contribution < 1.29 is 23.6 Å². The highest BCUT2D eigenvalue weighted by atomic mass is 19.1. The topological polar surface area (TPSA) is 86.8 Å². The van der Waals surface area contributed by atoms with Crippen LogP contribution in [0.2, 0.25) is 0 Å². The van der Waals surface area contributed by atoms with Gasteiger partial charge < -0.3 is 10.2 Å². The first-order valence-electron chi connectivity index (χ1n) is 11.2. The molecule has 0 aromatic heterocycles. The highest BCUT2D eigenvalue weighted by molar-refractivity contribution is 6.23. The molecule has 7 nitrogen and oxygen atoms in total. The second-order valence-electron chi connectivity index (χ2n) is 8.50. The van der Waals surface area contributed by atoms with Crippen molar-refractivity contribution in [3.63, 3.8) is 0 Å². The molecule has 2 fully saturated rings. The molecule has 1 aliphatic heterocycles. The zero-order valence-corrected chi connectivity index (χ0v) is 18.4. The van der Waals surface area contributed by atoms with Gasteiger partial charge >= 0.3 is 0 Å². The molecule has 0 spiro atoms. The summed E-state index contributed by atoms with van der Waals surface area (Å²) in [6, 6.07) is 10.9. The highest BCUT2D eigenvalue weighted by Gasteiger charge is 2.47. The molecule has 1 N–H and O–H groups in total. The molecular weight excluding hydrogens is 425 g/mol. The molecule has 1 saturated heterocycles. The molecule has 2 aromatic rings. The van der Waals surface area contributed by atoms with Crippen molar-refractivity contribution in [3.05, 3.63) is 59.9 Å². The molecule has 4 rings (SSSR count). The van der Waals surface area contributed by atoms with E-state index in [2.05, 4.69) is 5.32 Å². The molecule has 1 unspecified atom stereocenters. The van der Waals surface area contributed by atoms with E-state index in [1.807, 2.05) is 0 Å². The van der Waals surface area contributed by atoms with E-state index in [1.54, 1.807) is 30.3 Å². The lowest BCUT2D eigenvalue weighted by Gasteiger charge is -2.37. The van der Waals surface area contributed by atoms with E-state index in [9.17, 15) is 23.6 Å². The number of carbonyl (C=O) groups is 4. The van der Waals surface area contributed by atoms with E-state index in [-0.39, 0.29) is 23.9 Å². The maximum absolute atomic E-state index is 14.5. The molecule has 1 atom stereocenters. The Hall–Kier alpha value is -3.55. The van der Waals surface area contributed by atoms with Gasteiger partial charge in [-0.3, -0.25) is 19.2 Å². The molecule has 0 radical (unpaired) electrons. The summed E-state index contributed by atoms with van der Waals surface area (Å²) in [7, 11) is 0. The van der Waals surface area contributed by atoms with Gasteiger partial charge in [0.2, 0.25) is 11.8 Å². The van der Waals surface area contributed by atoms with Gasteiger partial charge in [-0.25, -0.2) is 9.29 Å². The van der Waals surface area contributed by atoms with E-state index in [1.165, 1.54) is 30.0 Å².